The van der Waals surface area contributed by atoms with Crippen LogP contribution in [0.25, 0.3) is 16.9 Å². The van der Waals surface area contributed by atoms with Gasteiger partial charge in [0, 0.05) is 23.5 Å². The van der Waals surface area contributed by atoms with Crippen LogP contribution in [0.3, 0.4) is 0 Å². The first kappa shape index (κ1) is 15.1. The second-order valence-electron chi connectivity index (χ2n) is 5.34. The number of H-pyrrole nitrogens is 1. The van der Waals surface area contributed by atoms with Crippen LogP contribution in [0.5, 0.6) is 5.75 Å². The lowest BCUT2D eigenvalue weighted by molar-refractivity contribution is 0.317. The Balaban J connectivity index is 1.96. The third kappa shape index (κ3) is 3.04. The van der Waals surface area contributed by atoms with Crippen molar-refractivity contribution in [2.75, 3.05) is 6.61 Å². The van der Waals surface area contributed by atoms with Crippen LogP contribution in [-0.4, -0.2) is 21.4 Å². The van der Waals surface area contributed by atoms with Crippen molar-refractivity contribution in [3.63, 3.8) is 0 Å². The summed E-state index contributed by atoms with van der Waals surface area (Å²) in [5.41, 5.74) is 3.06. The van der Waals surface area contributed by atoms with Crippen molar-refractivity contribution < 1.29 is 4.74 Å². The van der Waals surface area contributed by atoms with E-state index in [1.165, 1.54) is 0 Å². The molecule has 23 heavy (non-hydrogen) atoms. The van der Waals surface area contributed by atoms with Crippen molar-refractivity contribution >= 4 is 0 Å². The van der Waals surface area contributed by atoms with Gasteiger partial charge in [0.15, 0.2) is 0 Å². The predicted octanol–water partition coefficient (Wildman–Crippen LogP) is 3.32. The molecule has 5 heteroatoms. The third-order valence-corrected chi connectivity index (χ3v) is 3.64. The molecule has 0 aliphatic carbocycles. The number of hydrogen-bond donors (Lipinski definition) is 1. The van der Waals surface area contributed by atoms with Gasteiger partial charge >= 0.3 is 0 Å². The van der Waals surface area contributed by atoms with E-state index >= 15 is 0 Å². The van der Waals surface area contributed by atoms with Crippen LogP contribution < -0.4 is 10.3 Å². The highest BCUT2D eigenvalue weighted by Gasteiger charge is 2.13. The van der Waals surface area contributed by atoms with Crippen molar-refractivity contribution in [3.8, 4) is 22.7 Å². The lowest BCUT2D eigenvalue weighted by Crippen LogP contribution is -2.15. The van der Waals surface area contributed by atoms with E-state index < -0.39 is 0 Å². The first-order valence-corrected chi connectivity index (χ1v) is 7.66. The molecular weight excluding hydrogens is 290 g/mol. The van der Waals surface area contributed by atoms with Crippen LogP contribution in [-0.2, 0) is 0 Å². The van der Waals surface area contributed by atoms with Gasteiger partial charge < -0.3 is 4.74 Å². The molecule has 0 aliphatic rings. The number of ether oxygens (including phenoxy) is 1. The van der Waals surface area contributed by atoms with E-state index in [2.05, 4.69) is 17.0 Å². The molecule has 0 spiro atoms. The number of nitrogens with one attached hydrogen (secondary N) is 1. The molecule has 5 nitrogen and oxygen atoms in total. The summed E-state index contributed by atoms with van der Waals surface area (Å²) >= 11 is 0. The molecule has 0 aliphatic heterocycles. The second kappa shape index (κ2) is 6.52. The summed E-state index contributed by atoms with van der Waals surface area (Å²) in [6.07, 6.45) is 4.42. The van der Waals surface area contributed by atoms with Crippen molar-refractivity contribution in [2.24, 2.45) is 0 Å². The molecule has 2 aromatic heterocycles. The van der Waals surface area contributed by atoms with Crippen molar-refractivity contribution in [1.29, 1.82) is 0 Å². The van der Waals surface area contributed by atoms with E-state index in [4.69, 9.17) is 4.74 Å². The third-order valence-electron chi connectivity index (χ3n) is 3.64. The maximum absolute atomic E-state index is 12.5. The Kier molecular flexibility index (Phi) is 4.28. The standard InChI is InChI=1S/C18H19N3O2/c1-3-11-23-16-8-6-15(7-9-16)21-18(22)13(2)17(20-21)14-5-4-10-19-12-14/h4-10,12,20H,3,11H2,1-2H3. The predicted molar refractivity (Wildman–Crippen MR) is 90.1 cm³/mol. The Hall–Kier alpha value is -2.82. The average molecular weight is 309 g/mol. The topological polar surface area (TPSA) is 59.9 Å². The molecule has 0 saturated carbocycles. The zero-order chi connectivity index (χ0) is 16.2. The van der Waals surface area contributed by atoms with E-state index in [0.717, 1.165) is 29.1 Å². The summed E-state index contributed by atoms with van der Waals surface area (Å²) in [6, 6.07) is 11.3. The zero-order valence-electron chi connectivity index (χ0n) is 13.2. The normalized spacial score (nSPS) is 10.7. The van der Waals surface area contributed by atoms with Gasteiger partial charge in [0.2, 0.25) is 0 Å². The fourth-order valence-electron chi connectivity index (χ4n) is 2.41. The maximum Gasteiger partial charge on any atom is 0.274 e. The number of benzene rings is 1. The first-order valence-electron chi connectivity index (χ1n) is 7.66. The summed E-state index contributed by atoms with van der Waals surface area (Å²) in [5, 5.41) is 3.17. The van der Waals surface area contributed by atoms with Crippen LogP contribution in [0.4, 0.5) is 0 Å². The van der Waals surface area contributed by atoms with Gasteiger partial charge in [0.05, 0.1) is 18.0 Å². The van der Waals surface area contributed by atoms with Crippen LogP contribution in [0, 0.1) is 6.92 Å². The minimum atomic E-state index is -0.0638. The highest BCUT2D eigenvalue weighted by molar-refractivity contribution is 5.61. The van der Waals surface area contributed by atoms with Gasteiger partial charge in [-0.1, -0.05) is 6.92 Å². The summed E-state index contributed by atoms with van der Waals surface area (Å²) in [6.45, 7) is 4.57. The van der Waals surface area contributed by atoms with Gasteiger partial charge in [-0.25, -0.2) is 4.68 Å². The minimum absolute atomic E-state index is 0.0638. The molecule has 2 heterocycles. The molecule has 0 radical (unpaired) electrons. The van der Waals surface area contributed by atoms with Crippen LogP contribution in [0.1, 0.15) is 18.9 Å². The molecule has 1 N–H and O–H groups in total. The second-order valence-corrected chi connectivity index (χ2v) is 5.34. The smallest absolute Gasteiger partial charge is 0.274 e. The molecule has 1 aromatic carbocycles. The van der Waals surface area contributed by atoms with Crippen molar-refractivity contribution in [2.45, 2.75) is 20.3 Å². The first-order chi connectivity index (χ1) is 11.2. The van der Waals surface area contributed by atoms with Gasteiger partial charge in [-0.15, -0.1) is 0 Å². The molecule has 0 unspecified atom stereocenters. The SMILES string of the molecule is CCCOc1ccc(-n2[nH]c(-c3cccnc3)c(C)c2=O)cc1. The van der Waals surface area contributed by atoms with Crippen LogP contribution in [0.2, 0.25) is 0 Å². The van der Waals surface area contributed by atoms with E-state index in [9.17, 15) is 4.79 Å². The molecular formula is C18H19N3O2. The van der Waals surface area contributed by atoms with Gasteiger partial charge in [-0.2, -0.15) is 0 Å². The number of rotatable bonds is 5. The van der Waals surface area contributed by atoms with Gasteiger partial charge in [0.1, 0.15) is 5.75 Å². The number of hydrogen-bond acceptors (Lipinski definition) is 3. The summed E-state index contributed by atoms with van der Waals surface area (Å²) in [4.78, 5) is 16.6. The highest BCUT2D eigenvalue weighted by atomic mass is 16.5. The highest BCUT2D eigenvalue weighted by Crippen LogP contribution is 2.20. The molecule has 0 fully saturated rings. The number of nitrogens with zero attached hydrogens (tertiary/aromatic N) is 2. The quantitative estimate of drug-likeness (QED) is 0.786. The molecule has 0 bridgehead atoms. The molecule has 0 amide bonds. The number of aromatic amines is 1. The Bertz CT molecular complexity index is 833. The van der Waals surface area contributed by atoms with Crippen LogP contribution >= 0.6 is 0 Å². The zero-order valence-corrected chi connectivity index (χ0v) is 13.2. The Labute approximate surface area is 134 Å². The molecule has 0 saturated heterocycles. The minimum Gasteiger partial charge on any atom is -0.494 e. The van der Waals surface area contributed by atoms with Gasteiger partial charge in [0.25, 0.3) is 5.56 Å². The number of pyridine rings is 1. The van der Waals surface area contributed by atoms with E-state index in [0.29, 0.717) is 12.2 Å². The van der Waals surface area contributed by atoms with E-state index in [1.54, 1.807) is 17.1 Å². The van der Waals surface area contributed by atoms with Crippen LogP contribution in [0.15, 0.2) is 53.6 Å². The monoisotopic (exact) mass is 309 g/mol. The molecule has 3 aromatic rings. The van der Waals surface area contributed by atoms with Gasteiger partial charge in [-0.3, -0.25) is 14.9 Å². The maximum atomic E-state index is 12.5. The lowest BCUT2D eigenvalue weighted by atomic mass is 10.1. The molecule has 3 rings (SSSR count). The fourth-order valence-corrected chi connectivity index (χ4v) is 2.41. The Morgan fingerprint density at radius 1 is 1.22 bits per heavy atom. The van der Waals surface area contributed by atoms with E-state index in [1.807, 2.05) is 43.3 Å². The molecule has 0 atom stereocenters. The fraction of sp³-hybridized carbons (Fsp3) is 0.222. The van der Waals surface area contributed by atoms with Crippen molar-refractivity contribution in [1.82, 2.24) is 14.8 Å². The summed E-state index contributed by atoms with van der Waals surface area (Å²) < 4.78 is 7.11. The van der Waals surface area contributed by atoms with Gasteiger partial charge in [-0.05, 0) is 49.7 Å². The Morgan fingerprint density at radius 2 is 2.00 bits per heavy atom. The summed E-state index contributed by atoms with van der Waals surface area (Å²) in [7, 11) is 0. The van der Waals surface area contributed by atoms with Crippen molar-refractivity contribution in [3.05, 3.63) is 64.7 Å². The lowest BCUT2D eigenvalue weighted by Gasteiger charge is -2.06. The Morgan fingerprint density at radius 3 is 2.65 bits per heavy atom. The average Bonchev–Trinajstić information content (AvgIpc) is 2.90. The van der Waals surface area contributed by atoms with E-state index in [-0.39, 0.29) is 5.56 Å². The molecule has 118 valence electrons. The number of aromatic nitrogens is 3. The summed E-state index contributed by atoms with van der Waals surface area (Å²) in [5.74, 6) is 0.805. The largest absolute Gasteiger partial charge is 0.494 e.